The van der Waals surface area contributed by atoms with Crippen LogP contribution in [0.15, 0.2) is 12.1 Å². The Balaban J connectivity index is 2.66. The third kappa shape index (κ3) is 1.43. The number of aryl methyl sites for hydroxylation is 1. The third-order valence-corrected chi connectivity index (χ3v) is 2.66. The van der Waals surface area contributed by atoms with Crippen molar-refractivity contribution < 1.29 is 0 Å². The lowest BCUT2D eigenvalue weighted by molar-refractivity contribution is 0.799. The van der Waals surface area contributed by atoms with E-state index < -0.39 is 0 Å². The van der Waals surface area contributed by atoms with Gasteiger partial charge in [0.15, 0.2) is 0 Å². The van der Waals surface area contributed by atoms with Crippen LogP contribution in [-0.2, 0) is 0 Å². The van der Waals surface area contributed by atoms with E-state index in [9.17, 15) is 0 Å². The van der Waals surface area contributed by atoms with Crippen LogP contribution in [0.3, 0.4) is 0 Å². The Morgan fingerprint density at radius 3 is 2.71 bits per heavy atom. The number of nitrogens with one attached hydrogen (secondary N) is 1. The molecule has 0 saturated heterocycles. The molecule has 0 bridgehead atoms. The molecule has 0 radical (unpaired) electrons. The average molecular weight is 186 g/mol. The Hall–Kier alpha value is -1.25. The quantitative estimate of drug-likeness (QED) is 0.667. The molecule has 0 spiro atoms. The number of aromatic amines is 1. The van der Waals surface area contributed by atoms with Crippen molar-refractivity contribution in [3.05, 3.63) is 23.5 Å². The highest BCUT2D eigenvalue weighted by molar-refractivity contribution is 6.34. The van der Waals surface area contributed by atoms with Gasteiger partial charge in [0.1, 0.15) is 13.7 Å². The highest BCUT2D eigenvalue weighted by atomic mass is 14.9. The Morgan fingerprint density at radius 1 is 1.36 bits per heavy atom. The second-order valence-corrected chi connectivity index (χ2v) is 4.23. The maximum Gasteiger partial charge on any atom is 0.139 e. The number of H-pyrrole nitrogens is 1. The van der Waals surface area contributed by atoms with Crippen LogP contribution < -0.4 is 5.46 Å². The van der Waals surface area contributed by atoms with Crippen molar-refractivity contribution in [2.75, 3.05) is 0 Å². The number of aromatic nitrogens is 2. The van der Waals surface area contributed by atoms with Crippen LogP contribution in [0.5, 0.6) is 0 Å². The molecule has 1 aromatic carbocycles. The van der Waals surface area contributed by atoms with E-state index in [1.165, 1.54) is 11.0 Å². The smallest absolute Gasteiger partial charge is 0.139 e. The maximum atomic E-state index is 4.56. The number of hydrogen-bond acceptors (Lipinski definition) is 1. The van der Waals surface area contributed by atoms with E-state index >= 15 is 0 Å². The molecular formula is C11H15BN2. The normalized spacial score (nSPS) is 11.4. The largest absolute Gasteiger partial charge is 0.342 e. The average Bonchev–Trinajstić information content (AvgIpc) is 2.48. The molecule has 0 unspecified atom stereocenters. The number of fused-ring (bicyclic) bond motifs is 1. The summed E-state index contributed by atoms with van der Waals surface area (Å²) in [5, 5.41) is 0. The number of rotatable bonds is 1. The van der Waals surface area contributed by atoms with Crippen LogP contribution in [0.4, 0.5) is 0 Å². The van der Waals surface area contributed by atoms with E-state index in [1.807, 2.05) is 0 Å². The molecule has 2 aromatic rings. The molecular weight excluding hydrogens is 171 g/mol. The van der Waals surface area contributed by atoms with E-state index in [0.29, 0.717) is 5.92 Å². The second kappa shape index (κ2) is 3.16. The van der Waals surface area contributed by atoms with Gasteiger partial charge in [-0.15, -0.1) is 0 Å². The fourth-order valence-corrected chi connectivity index (χ4v) is 1.56. The van der Waals surface area contributed by atoms with Gasteiger partial charge in [0.2, 0.25) is 0 Å². The number of hydrogen-bond donors (Lipinski definition) is 1. The topological polar surface area (TPSA) is 28.7 Å². The molecule has 0 aliphatic rings. The van der Waals surface area contributed by atoms with Crippen molar-refractivity contribution >= 4 is 24.3 Å². The van der Waals surface area contributed by atoms with Gasteiger partial charge in [-0.25, -0.2) is 4.98 Å². The van der Waals surface area contributed by atoms with Crippen LogP contribution in [0.2, 0.25) is 0 Å². The van der Waals surface area contributed by atoms with Crippen molar-refractivity contribution in [3.8, 4) is 0 Å². The first-order chi connectivity index (χ1) is 6.58. The summed E-state index contributed by atoms with van der Waals surface area (Å²) in [5.41, 5.74) is 4.85. The molecule has 72 valence electrons. The lowest BCUT2D eigenvalue weighted by atomic mass is 9.91. The highest BCUT2D eigenvalue weighted by Gasteiger charge is 2.06. The van der Waals surface area contributed by atoms with E-state index in [0.717, 1.165) is 16.9 Å². The van der Waals surface area contributed by atoms with Gasteiger partial charge in [-0.05, 0) is 19.1 Å². The van der Waals surface area contributed by atoms with Crippen molar-refractivity contribution in [3.63, 3.8) is 0 Å². The van der Waals surface area contributed by atoms with Gasteiger partial charge in [-0.3, -0.25) is 0 Å². The first-order valence-electron chi connectivity index (χ1n) is 5.05. The zero-order chi connectivity index (χ0) is 10.3. The molecule has 0 fully saturated rings. The van der Waals surface area contributed by atoms with Crippen LogP contribution in [-0.4, -0.2) is 17.8 Å². The number of benzene rings is 1. The van der Waals surface area contributed by atoms with Crippen LogP contribution in [0.1, 0.15) is 31.2 Å². The molecule has 14 heavy (non-hydrogen) atoms. The Morgan fingerprint density at radius 2 is 2.07 bits per heavy atom. The van der Waals surface area contributed by atoms with Crippen molar-refractivity contribution in [1.82, 2.24) is 9.97 Å². The monoisotopic (exact) mass is 186 g/mol. The minimum Gasteiger partial charge on any atom is -0.342 e. The molecule has 3 heteroatoms. The lowest BCUT2D eigenvalue weighted by Gasteiger charge is -1.97. The van der Waals surface area contributed by atoms with Crippen LogP contribution in [0.25, 0.3) is 11.0 Å². The van der Waals surface area contributed by atoms with E-state index in [1.54, 1.807) is 0 Å². The molecule has 2 rings (SSSR count). The van der Waals surface area contributed by atoms with Crippen LogP contribution >= 0.6 is 0 Å². The van der Waals surface area contributed by atoms with Gasteiger partial charge < -0.3 is 4.98 Å². The molecule has 1 heterocycles. The minimum absolute atomic E-state index is 0.461. The van der Waals surface area contributed by atoms with E-state index in [4.69, 9.17) is 0 Å². The summed E-state index contributed by atoms with van der Waals surface area (Å²) in [5.74, 6) is 1.54. The molecule has 1 aromatic heterocycles. The third-order valence-electron chi connectivity index (χ3n) is 2.66. The van der Waals surface area contributed by atoms with Gasteiger partial charge >= 0.3 is 0 Å². The van der Waals surface area contributed by atoms with Gasteiger partial charge in [-0.2, -0.15) is 0 Å². The molecule has 0 saturated carbocycles. The molecule has 0 aliphatic carbocycles. The number of nitrogens with zero attached hydrogens (tertiary/aromatic N) is 1. The summed E-state index contributed by atoms with van der Waals surface area (Å²) in [4.78, 5) is 7.91. The lowest BCUT2D eigenvalue weighted by Crippen LogP contribution is -2.05. The summed E-state index contributed by atoms with van der Waals surface area (Å²) < 4.78 is 0. The van der Waals surface area contributed by atoms with Gasteiger partial charge in [-0.1, -0.05) is 24.9 Å². The summed E-state index contributed by atoms with van der Waals surface area (Å²) in [6.07, 6.45) is 0. The predicted molar refractivity (Wildman–Crippen MR) is 63.1 cm³/mol. The minimum atomic E-state index is 0.461. The standard InChI is InChI=1S/C11H15BN2/c1-6(2)11-13-9-4-7(3)8(12)5-10(9)14-11/h4-6H,12H2,1-3H3,(H,13,14). The summed E-state index contributed by atoms with van der Waals surface area (Å²) in [6.45, 7) is 6.42. The first-order valence-corrected chi connectivity index (χ1v) is 5.05. The summed E-state index contributed by atoms with van der Waals surface area (Å²) in [6, 6.07) is 4.32. The highest BCUT2D eigenvalue weighted by Crippen LogP contribution is 2.16. The SMILES string of the molecule is Bc1cc2[nH]c(C(C)C)nc2cc1C. The zero-order valence-corrected chi connectivity index (χ0v) is 9.18. The van der Waals surface area contributed by atoms with Crippen molar-refractivity contribution in [2.24, 2.45) is 0 Å². The van der Waals surface area contributed by atoms with Gasteiger partial charge in [0.05, 0.1) is 11.0 Å². The maximum absolute atomic E-state index is 4.56. The molecule has 0 amide bonds. The van der Waals surface area contributed by atoms with E-state index in [2.05, 4.69) is 50.7 Å². The second-order valence-electron chi connectivity index (χ2n) is 4.23. The molecule has 0 aliphatic heterocycles. The zero-order valence-electron chi connectivity index (χ0n) is 9.18. The van der Waals surface area contributed by atoms with Crippen molar-refractivity contribution in [1.29, 1.82) is 0 Å². The Kier molecular flexibility index (Phi) is 2.10. The summed E-state index contributed by atoms with van der Waals surface area (Å²) >= 11 is 0. The van der Waals surface area contributed by atoms with Gasteiger partial charge in [0.25, 0.3) is 0 Å². The van der Waals surface area contributed by atoms with Crippen molar-refractivity contribution in [2.45, 2.75) is 26.7 Å². The fourth-order valence-electron chi connectivity index (χ4n) is 1.56. The first kappa shape index (κ1) is 9.32. The predicted octanol–water partition coefficient (Wildman–Crippen LogP) is 1.25. The Bertz CT molecular complexity index is 432. The van der Waals surface area contributed by atoms with Crippen LogP contribution in [0, 0.1) is 6.92 Å². The molecule has 2 nitrogen and oxygen atoms in total. The Labute approximate surface area is 85.2 Å². The molecule has 0 atom stereocenters. The fraction of sp³-hybridized carbons (Fsp3) is 0.364. The summed E-state index contributed by atoms with van der Waals surface area (Å²) in [7, 11) is 2.13. The van der Waals surface area contributed by atoms with Gasteiger partial charge in [0, 0.05) is 5.92 Å². The number of imidazole rings is 1. The molecule has 1 N–H and O–H groups in total. The van der Waals surface area contributed by atoms with E-state index in [-0.39, 0.29) is 0 Å².